The normalized spacial score (nSPS) is 10.2. The third-order valence-electron chi connectivity index (χ3n) is 1.70. The lowest BCUT2D eigenvalue weighted by atomic mass is 10.1. The van der Waals surface area contributed by atoms with Crippen LogP contribution in [0.15, 0.2) is 36.9 Å². The van der Waals surface area contributed by atoms with Gasteiger partial charge in [-0.15, -0.1) is 6.58 Å². The summed E-state index contributed by atoms with van der Waals surface area (Å²) in [4.78, 5) is 18.2. The highest BCUT2D eigenvalue weighted by Crippen LogP contribution is 1.98. The van der Waals surface area contributed by atoms with E-state index in [9.17, 15) is 0 Å². The second kappa shape index (κ2) is 4.20. The van der Waals surface area contributed by atoms with Crippen LogP contribution in [0, 0.1) is 0 Å². The fourth-order valence-corrected chi connectivity index (χ4v) is 1.96. The minimum atomic E-state index is -2.65. The molecule has 1 aromatic carbocycles. The van der Waals surface area contributed by atoms with Gasteiger partial charge in [0.1, 0.15) is 0 Å². The zero-order valence-electron chi connectivity index (χ0n) is 6.77. The van der Waals surface area contributed by atoms with E-state index in [-0.39, 0.29) is 0 Å². The Morgan fingerprint density at radius 3 is 2.58 bits per heavy atom. The average molecular weight is 180 g/mol. The van der Waals surface area contributed by atoms with Gasteiger partial charge in [0.2, 0.25) is 0 Å². The number of benzene rings is 1. The monoisotopic (exact) mass is 180 g/mol. The van der Waals surface area contributed by atoms with Gasteiger partial charge in [0.05, 0.1) is 0 Å². The molecule has 1 rings (SSSR count). The van der Waals surface area contributed by atoms with Gasteiger partial charge < -0.3 is 9.59 Å². The molecule has 0 heterocycles. The second-order valence-electron chi connectivity index (χ2n) is 2.57. The molecule has 1 aromatic rings. The summed E-state index contributed by atoms with van der Waals surface area (Å²) in [5, 5.41) is 0.692. The van der Waals surface area contributed by atoms with Crippen molar-refractivity contribution in [3.63, 3.8) is 0 Å². The lowest BCUT2D eigenvalue weighted by Gasteiger charge is -2.06. The van der Waals surface area contributed by atoms with Gasteiger partial charge in [-0.1, -0.05) is 30.3 Å². The fourth-order valence-electron chi connectivity index (χ4n) is 1.13. The highest BCUT2D eigenvalue weighted by Gasteiger charge is 2.09. The van der Waals surface area contributed by atoms with Crippen LogP contribution >= 0.6 is 0 Å². The summed E-state index contributed by atoms with van der Waals surface area (Å²) in [6.45, 7) is 3.61. The van der Waals surface area contributed by atoms with E-state index in [2.05, 4.69) is 6.58 Å². The van der Waals surface area contributed by atoms with Crippen molar-refractivity contribution < 1.29 is 9.59 Å². The third kappa shape index (κ3) is 2.04. The smallest absolute Gasteiger partial charge is 0.350 e. The van der Waals surface area contributed by atoms with E-state index >= 15 is 0 Å². The Kier molecular flexibility index (Phi) is 3.22. The predicted molar refractivity (Wildman–Crippen MR) is 51.6 cm³/mol. The Morgan fingerprint density at radius 2 is 2.00 bits per heavy atom. The van der Waals surface area contributed by atoms with Gasteiger partial charge in [0.15, 0.2) is 0 Å². The van der Waals surface area contributed by atoms with Crippen molar-refractivity contribution >= 4 is 14.5 Å². The Bertz CT molecular complexity index is 271. The molecule has 2 N–H and O–H groups in total. The zero-order chi connectivity index (χ0) is 8.97. The molecular formula is C9H12O2Si. The topological polar surface area (TPSA) is 40.5 Å². The molecule has 0 unspecified atom stereocenters. The Labute approximate surface area is 73.6 Å². The largest absolute Gasteiger partial charge is 0.410 e. The number of allylic oxidation sites excluding steroid dienone is 1. The van der Waals surface area contributed by atoms with Gasteiger partial charge >= 0.3 is 9.28 Å². The van der Waals surface area contributed by atoms with Crippen LogP contribution in [0.5, 0.6) is 0 Å². The predicted octanol–water partition coefficient (Wildman–Crippen LogP) is -0.173. The van der Waals surface area contributed by atoms with Crippen molar-refractivity contribution in [1.82, 2.24) is 0 Å². The van der Waals surface area contributed by atoms with E-state index in [0.29, 0.717) is 11.6 Å². The number of hydrogen-bond acceptors (Lipinski definition) is 2. The van der Waals surface area contributed by atoms with Gasteiger partial charge in [-0.05, 0) is 17.2 Å². The third-order valence-corrected chi connectivity index (χ3v) is 2.82. The van der Waals surface area contributed by atoms with Crippen molar-refractivity contribution in [2.24, 2.45) is 0 Å². The summed E-state index contributed by atoms with van der Waals surface area (Å²) in [5.74, 6) is 0. The lowest BCUT2D eigenvalue weighted by Crippen LogP contribution is -2.32. The fraction of sp³-hybridized carbons (Fsp3) is 0.111. The van der Waals surface area contributed by atoms with Crippen molar-refractivity contribution in [3.8, 4) is 0 Å². The van der Waals surface area contributed by atoms with E-state index in [1.807, 2.05) is 18.2 Å². The standard InChI is InChI=1S/C9H12O2Si/c1-2-5-8-6-3-4-7-9(8)12(10)11/h2-4,6-7,10-12H,1,5H2. The van der Waals surface area contributed by atoms with E-state index in [1.165, 1.54) is 0 Å². The first-order chi connectivity index (χ1) is 5.75. The van der Waals surface area contributed by atoms with Crippen molar-refractivity contribution in [1.29, 1.82) is 0 Å². The molecule has 0 aromatic heterocycles. The average Bonchev–Trinajstić information content (AvgIpc) is 2.05. The Hall–Kier alpha value is -0.903. The van der Waals surface area contributed by atoms with Crippen LogP contribution < -0.4 is 5.19 Å². The SMILES string of the molecule is C=CCc1ccccc1[SiH](O)O. The van der Waals surface area contributed by atoms with E-state index < -0.39 is 9.28 Å². The molecule has 0 atom stereocenters. The maximum Gasteiger partial charge on any atom is 0.350 e. The van der Waals surface area contributed by atoms with E-state index in [4.69, 9.17) is 9.59 Å². The Balaban J connectivity index is 2.99. The molecule has 0 amide bonds. The number of rotatable bonds is 3. The van der Waals surface area contributed by atoms with Gasteiger partial charge in [0.25, 0.3) is 0 Å². The van der Waals surface area contributed by atoms with Crippen LogP contribution in [0.3, 0.4) is 0 Å². The Morgan fingerprint density at radius 1 is 1.33 bits per heavy atom. The van der Waals surface area contributed by atoms with Crippen molar-refractivity contribution in [2.45, 2.75) is 6.42 Å². The van der Waals surface area contributed by atoms with Gasteiger partial charge in [-0.25, -0.2) is 0 Å². The first-order valence-corrected chi connectivity index (χ1v) is 5.41. The quantitative estimate of drug-likeness (QED) is 0.501. The van der Waals surface area contributed by atoms with E-state index in [0.717, 1.165) is 5.56 Å². The molecule has 0 radical (unpaired) electrons. The summed E-state index contributed by atoms with van der Waals surface area (Å²) < 4.78 is 0. The molecule has 0 aliphatic rings. The maximum atomic E-state index is 9.09. The highest BCUT2D eigenvalue weighted by atomic mass is 28.3. The van der Waals surface area contributed by atoms with Crippen LogP contribution in [0.4, 0.5) is 0 Å². The van der Waals surface area contributed by atoms with Crippen molar-refractivity contribution in [2.75, 3.05) is 0 Å². The molecule has 0 fully saturated rings. The lowest BCUT2D eigenvalue weighted by molar-refractivity contribution is 0.425. The van der Waals surface area contributed by atoms with Gasteiger partial charge in [-0.2, -0.15) is 0 Å². The molecule has 0 aliphatic heterocycles. The van der Waals surface area contributed by atoms with Crippen molar-refractivity contribution in [3.05, 3.63) is 42.5 Å². The van der Waals surface area contributed by atoms with Crippen LogP contribution in [-0.2, 0) is 6.42 Å². The molecule has 64 valence electrons. The van der Waals surface area contributed by atoms with Gasteiger partial charge in [0, 0.05) is 0 Å². The molecule has 12 heavy (non-hydrogen) atoms. The molecule has 3 heteroatoms. The zero-order valence-corrected chi connectivity index (χ0v) is 7.93. The summed E-state index contributed by atoms with van der Waals surface area (Å²) in [6, 6.07) is 7.35. The first kappa shape index (κ1) is 9.19. The molecule has 0 saturated heterocycles. The molecule has 2 nitrogen and oxygen atoms in total. The highest BCUT2D eigenvalue weighted by molar-refractivity contribution is 6.59. The molecule has 0 spiro atoms. The molecular weight excluding hydrogens is 168 g/mol. The number of hydrogen-bond donors (Lipinski definition) is 2. The van der Waals surface area contributed by atoms with Crippen LogP contribution in [0.1, 0.15) is 5.56 Å². The molecule has 0 saturated carbocycles. The first-order valence-electron chi connectivity index (χ1n) is 3.80. The molecule has 0 aliphatic carbocycles. The second-order valence-corrected chi connectivity index (χ2v) is 3.93. The maximum absolute atomic E-state index is 9.09. The summed E-state index contributed by atoms with van der Waals surface area (Å²) in [5.41, 5.74) is 0.967. The summed E-state index contributed by atoms with van der Waals surface area (Å²) in [6.07, 6.45) is 2.45. The minimum Gasteiger partial charge on any atom is -0.410 e. The summed E-state index contributed by atoms with van der Waals surface area (Å²) in [7, 11) is -2.65. The van der Waals surface area contributed by atoms with Gasteiger partial charge in [-0.3, -0.25) is 0 Å². The van der Waals surface area contributed by atoms with E-state index in [1.54, 1.807) is 12.1 Å². The van der Waals surface area contributed by atoms with Crippen LogP contribution in [-0.4, -0.2) is 18.9 Å². The van der Waals surface area contributed by atoms with Crippen LogP contribution in [0.25, 0.3) is 0 Å². The minimum absolute atomic E-state index is 0.692. The van der Waals surface area contributed by atoms with Crippen LogP contribution in [0.2, 0.25) is 0 Å². The summed E-state index contributed by atoms with van der Waals surface area (Å²) >= 11 is 0. The molecule has 0 bridgehead atoms.